The maximum Gasteiger partial charge on any atom is 0.302 e. The number of esters is 1. The van der Waals surface area contributed by atoms with Gasteiger partial charge in [-0.3, -0.25) is 4.79 Å². The third-order valence-corrected chi connectivity index (χ3v) is 2.55. The molecule has 8 heteroatoms. The van der Waals surface area contributed by atoms with E-state index in [9.17, 15) is 4.79 Å². The van der Waals surface area contributed by atoms with Crippen LogP contribution in [0.1, 0.15) is 26.0 Å². The molecular weight excluding hydrogens is 290 g/mol. The molecule has 8 nitrogen and oxygen atoms in total. The van der Waals surface area contributed by atoms with E-state index in [4.69, 9.17) is 18.9 Å². The van der Waals surface area contributed by atoms with Crippen LogP contribution in [-0.2, 0) is 36.9 Å². The van der Waals surface area contributed by atoms with Crippen molar-refractivity contribution in [2.24, 2.45) is 0 Å². The second kappa shape index (κ2) is 12.1. The Morgan fingerprint density at radius 1 is 1.09 bits per heavy atom. The standard InChI is InChI=1S/C14H25N3O5/c1-3-5-19-7-8-21-12-14-11-17(16-15-14)4-6-20-9-10-22-13(2)18/h11H,3-10,12H2,1-2H3. The molecule has 1 heterocycles. The summed E-state index contributed by atoms with van der Waals surface area (Å²) in [6.07, 6.45) is 2.83. The van der Waals surface area contributed by atoms with Crippen LogP contribution >= 0.6 is 0 Å². The van der Waals surface area contributed by atoms with Gasteiger partial charge in [0.1, 0.15) is 12.3 Å². The van der Waals surface area contributed by atoms with Crippen LogP contribution in [-0.4, -0.2) is 60.6 Å². The molecule has 0 aliphatic carbocycles. The fourth-order valence-corrected chi connectivity index (χ4v) is 1.56. The van der Waals surface area contributed by atoms with Crippen molar-refractivity contribution in [3.05, 3.63) is 11.9 Å². The van der Waals surface area contributed by atoms with E-state index in [1.807, 2.05) is 6.20 Å². The van der Waals surface area contributed by atoms with Gasteiger partial charge in [0.15, 0.2) is 0 Å². The number of hydrogen-bond acceptors (Lipinski definition) is 7. The highest BCUT2D eigenvalue weighted by atomic mass is 16.6. The molecule has 1 aromatic heterocycles. The molecule has 0 fully saturated rings. The second-order valence-electron chi connectivity index (χ2n) is 4.59. The van der Waals surface area contributed by atoms with Gasteiger partial charge in [0, 0.05) is 13.5 Å². The first kappa shape index (κ1) is 18.5. The monoisotopic (exact) mass is 315 g/mol. The van der Waals surface area contributed by atoms with Crippen molar-refractivity contribution in [1.82, 2.24) is 15.0 Å². The maximum atomic E-state index is 10.5. The van der Waals surface area contributed by atoms with E-state index < -0.39 is 0 Å². The van der Waals surface area contributed by atoms with Crippen LogP contribution in [0.5, 0.6) is 0 Å². The van der Waals surface area contributed by atoms with Gasteiger partial charge in [-0.05, 0) is 6.42 Å². The zero-order valence-corrected chi connectivity index (χ0v) is 13.3. The third-order valence-electron chi connectivity index (χ3n) is 2.55. The lowest BCUT2D eigenvalue weighted by Crippen LogP contribution is -2.11. The number of carbonyl (C=O) groups is 1. The maximum absolute atomic E-state index is 10.5. The largest absolute Gasteiger partial charge is 0.463 e. The number of carbonyl (C=O) groups excluding carboxylic acids is 1. The van der Waals surface area contributed by atoms with Gasteiger partial charge in [0.05, 0.1) is 45.8 Å². The first-order chi connectivity index (χ1) is 10.7. The topological polar surface area (TPSA) is 84.7 Å². The first-order valence-electron chi connectivity index (χ1n) is 7.48. The van der Waals surface area contributed by atoms with Crippen LogP contribution in [0.25, 0.3) is 0 Å². The third kappa shape index (κ3) is 9.43. The molecule has 22 heavy (non-hydrogen) atoms. The highest BCUT2D eigenvalue weighted by Crippen LogP contribution is 1.96. The lowest BCUT2D eigenvalue weighted by Gasteiger charge is -2.04. The normalized spacial score (nSPS) is 10.8. The van der Waals surface area contributed by atoms with Crippen molar-refractivity contribution in [3.8, 4) is 0 Å². The molecule has 0 aromatic carbocycles. The zero-order chi connectivity index (χ0) is 16.0. The van der Waals surface area contributed by atoms with Crippen LogP contribution in [0.2, 0.25) is 0 Å². The Bertz CT molecular complexity index is 411. The summed E-state index contributed by atoms with van der Waals surface area (Å²) in [5, 5.41) is 7.99. The molecule has 0 amide bonds. The van der Waals surface area contributed by atoms with Crippen molar-refractivity contribution < 1.29 is 23.7 Å². The van der Waals surface area contributed by atoms with Crippen LogP contribution in [0, 0.1) is 0 Å². The molecule has 0 unspecified atom stereocenters. The Hall–Kier alpha value is -1.51. The minimum absolute atomic E-state index is 0.270. The van der Waals surface area contributed by atoms with E-state index in [-0.39, 0.29) is 12.6 Å². The van der Waals surface area contributed by atoms with Gasteiger partial charge in [-0.25, -0.2) is 4.68 Å². The molecule has 1 aromatic rings. The highest BCUT2D eigenvalue weighted by molar-refractivity contribution is 5.65. The fraction of sp³-hybridized carbons (Fsp3) is 0.786. The summed E-state index contributed by atoms with van der Waals surface area (Å²) in [6, 6.07) is 0. The van der Waals surface area contributed by atoms with Crippen molar-refractivity contribution in [2.45, 2.75) is 33.4 Å². The second-order valence-corrected chi connectivity index (χ2v) is 4.59. The molecule has 1 rings (SSSR count). The Morgan fingerprint density at radius 2 is 1.82 bits per heavy atom. The molecule has 0 atom stereocenters. The summed E-state index contributed by atoms with van der Waals surface area (Å²) in [4.78, 5) is 10.5. The van der Waals surface area contributed by atoms with Crippen LogP contribution in [0.15, 0.2) is 6.20 Å². The van der Waals surface area contributed by atoms with Gasteiger partial charge in [0.2, 0.25) is 0 Å². The van der Waals surface area contributed by atoms with Crippen molar-refractivity contribution >= 4 is 5.97 Å². The first-order valence-corrected chi connectivity index (χ1v) is 7.48. The van der Waals surface area contributed by atoms with Gasteiger partial charge in [-0.1, -0.05) is 12.1 Å². The van der Waals surface area contributed by atoms with Gasteiger partial charge >= 0.3 is 5.97 Å². The number of rotatable bonds is 13. The molecule has 126 valence electrons. The number of aromatic nitrogens is 3. The average Bonchev–Trinajstić information content (AvgIpc) is 2.94. The molecule has 0 saturated heterocycles. The summed E-state index contributed by atoms with van der Waals surface area (Å²) in [5.74, 6) is -0.301. The Kier molecular flexibility index (Phi) is 10.2. The summed E-state index contributed by atoms with van der Waals surface area (Å²) in [5.41, 5.74) is 0.774. The summed E-state index contributed by atoms with van der Waals surface area (Å²) in [6.45, 7) is 7.48. The predicted molar refractivity (Wildman–Crippen MR) is 78.2 cm³/mol. The van der Waals surface area contributed by atoms with E-state index in [0.717, 1.165) is 18.7 Å². The predicted octanol–water partition coefficient (Wildman–Crippen LogP) is 0.801. The van der Waals surface area contributed by atoms with Gasteiger partial charge in [0.25, 0.3) is 0 Å². The van der Waals surface area contributed by atoms with E-state index in [0.29, 0.717) is 39.6 Å². The average molecular weight is 315 g/mol. The molecule has 0 spiro atoms. The molecular formula is C14H25N3O5. The van der Waals surface area contributed by atoms with Gasteiger partial charge in [-0.15, -0.1) is 5.10 Å². The van der Waals surface area contributed by atoms with Crippen LogP contribution in [0.4, 0.5) is 0 Å². The molecule has 0 radical (unpaired) electrons. The highest BCUT2D eigenvalue weighted by Gasteiger charge is 2.01. The SMILES string of the molecule is CCCOCCOCc1cn(CCOCCOC(C)=O)nn1. The number of nitrogens with zero attached hydrogens (tertiary/aromatic N) is 3. The molecule has 0 saturated carbocycles. The minimum Gasteiger partial charge on any atom is -0.463 e. The van der Waals surface area contributed by atoms with Crippen molar-refractivity contribution in [1.29, 1.82) is 0 Å². The smallest absolute Gasteiger partial charge is 0.302 e. The molecule has 0 aliphatic rings. The van der Waals surface area contributed by atoms with E-state index in [1.165, 1.54) is 6.92 Å². The van der Waals surface area contributed by atoms with Crippen LogP contribution < -0.4 is 0 Å². The van der Waals surface area contributed by atoms with E-state index in [1.54, 1.807) is 4.68 Å². The summed E-state index contributed by atoms with van der Waals surface area (Å²) >= 11 is 0. The Labute approximate surface area is 130 Å². The Morgan fingerprint density at radius 3 is 2.59 bits per heavy atom. The zero-order valence-electron chi connectivity index (χ0n) is 13.3. The van der Waals surface area contributed by atoms with Gasteiger partial charge < -0.3 is 18.9 Å². The Balaban J connectivity index is 2.02. The fourth-order valence-electron chi connectivity index (χ4n) is 1.56. The molecule has 0 bridgehead atoms. The minimum atomic E-state index is -0.301. The summed E-state index contributed by atoms with van der Waals surface area (Å²) < 4.78 is 22.5. The number of ether oxygens (including phenoxy) is 4. The lowest BCUT2D eigenvalue weighted by atomic mass is 10.5. The van der Waals surface area contributed by atoms with Crippen LogP contribution in [0.3, 0.4) is 0 Å². The van der Waals surface area contributed by atoms with Crippen molar-refractivity contribution in [2.75, 3.05) is 39.6 Å². The van der Waals surface area contributed by atoms with E-state index in [2.05, 4.69) is 17.2 Å². The molecule has 0 N–H and O–H groups in total. The van der Waals surface area contributed by atoms with E-state index >= 15 is 0 Å². The lowest BCUT2D eigenvalue weighted by molar-refractivity contribution is -0.142. The summed E-state index contributed by atoms with van der Waals surface area (Å²) in [7, 11) is 0. The van der Waals surface area contributed by atoms with Gasteiger partial charge in [-0.2, -0.15) is 0 Å². The molecule has 0 aliphatic heterocycles. The number of hydrogen-bond donors (Lipinski definition) is 0. The van der Waals surface area contributed by atoms with Crippen molar-refractivity contribution in [3.63, 3.8) is 0 Å². The quantitative estimate of drug-likeness (QED) is 0.393.